The summed E-state index contributed by atoms with van der Waals surface area (Å²) in [5, 5.41) is 3.57. The van der Waals surface area contributed by atoms with E-state index < -0.39 is 0 Å². The van der Waals surface area contributed by atoms with Crippen LogP contribution in [0, 0.1) is 13.8 Å². The zero-order valence-corrected chi connectivity index (χ0v) is 11.5. The highest BCUT2D eigenvalue weighted by Gasteiger charge is 2.07. The zero-order chi connectivity index (χ0) is 12.7. The average Bonchev–Trinajstić information content (AvgIpc) is 2.28. The van der Waals surface area contributed by atoms with Crippen LogP contribution in [0.15, 0.2) is 18.2 Å². The largest absolute Gasteiger partial charge is 0.383 e. The Morgan fingerprint density at radius 2 is 2.06 bits per heavy atom. The highest BCUT2D eigenvalue weighted by atomic mass is 16.5. The molecule has 1 N–H and O–H groups in total. The maximum atomic E-state index is 5.23. The molecule has 17 heavy (non-hydrogen) atoms. The molecular weight excluding hydrogens is 210 g/mol. The minimum atomic E-state index is 0.464. The number of hydrogen-bond donors (Lipinski definition) is 1. The molecule has 0 saturated carbocycles. The van der Waals surface area contributed by atoms with Gasteiger partial charge in [0.15, 0.2) is 0 Å². The molecule has 0 saturated heterocycles. The smallest absolute Gasteiger partial charge is 0.0615 e. The zero-order valence-electron chi connectivity index (χ0n) is 11.5. The van der Waals surface area contributed by atoms with Gasteiger partial charge in [0.05, 0.1) is 6.61 Å². The van der Waals surface area contributed by atoms with E-state index in [1.54, 1.807) is 7.11 Å². The van der Waals surface area contributed by atoms with Crippen molar-refractivity contribution in [3.8, 4) is 0 Å². The van der Waals surface area contributed by atoms with Crippen molar-refractivity contribution in [2.24, 2.45) is 0 Å². The van der Waals surface area contributed by atoms with E-state index in [4.69, 9.17) is 4.74 Å². The van der Waals surface area contributed by atoms with Gasteiger partial charge in [0.25, 0.3) is 0 Å². The lowest BCUT2D eigenvalue weighted by Gasteiger charge is -2.18. The molecule has 96 valence electrons. The summed E-state index contributed by atoms with van der Waals surface area (Å²) in [7, 11) is 1.77. The van der Waals surface area contributed by atoms with Gasteiger partial charge in [-0.1, -0.05) is 37.1 Å². The molecule has 1 aromatic rings. The van der Waals surface area contributed by atoms with Crippen LogP contribution in [0.5, 0.6) is 0 Å². The molecule has 2 heteroatoms. The summed E-state index contributed by atoms with van der Waals surface area (Å²) < 4.78 is 5.23. The van der Waals surface area contributed by atoms with Crippen LogP contribution in [0.2, 0.25) is 0 Å². The predicted molar refractivity (Wildman–Crippen MR) is 73.3 cm³/mol. The highest BCUT2D eigenvalue weighted by Crippen LogP contribution is 2.11. The van der Waals surface area contributed by atoms with Gasteiger partial charge in [-0.3, -0.25) is 0 Å². The Kier molecular flexibility index (Phi) is 6.23. The topological polar surface area (TPSA) is 21.3 Å². The van der Waals surface area contributed by atoms with Crippen LogP contribution in [-0.2, 0) is 11.3 Å². The average molecular weight is 235 g/mol. The lowest BCUT2D eigenvalue weighted by Crippen LogP contribution is -2.32. The first-order valence-electron chi connectivity index (χ1n) is 6.45. The van der Waals surface area contributed by atoms with Gasteiger partial charge in [-0.05, 0) is 31.4 Å². The third-order valence-corrected chi connectivity index (χ3v) is 3.08. The molecule has 0 heterocycles. The number of aryl methyl sites for hydroxylation is 2. The third kappa shape index (κ3) is 4.88. The Morgan fingerprint density at radius 3 is 2.65 bits per heavy atom. The Hall–Kier alpha value is -0.860. The summed E-state index contributed by atoms with van der Waals surface area (Å²) in [6.45, 7) is 8.24. The summed E-state index contributed by atoms with van der Waals surface area (Å²) in [4.78, 5) is 0. The summed E-state index contributed by atoms with van der Waals surface area (Å²) in [6.07, 6.45) is 2.35. The molecule has 0 aromatic heterocycles. The van der Waals surface area contributed by atoms with Crippen LogP contribution in [0.3, 0.4) is 0 Å². The van der Waals surface area contributed by atoms with Crippen molar-refractivity contribution in [1.29, 1.82) is 0 Å². The standard InChI is InChI=1S/C15H25NO/c1-5-6-15(11-17-4)16-10-14-8-7-12(2)9-13(14)3/h7-9,15-16H,5-6,10-11H2,1-4H3. The number of hydrogen-bond acceptors (Lipinski definition) is 2. The van der Waals surface area contributed by atoms with E-state index in [1.165, 1.54) is 29.5 Å². The molecule has 0 fully saturated rings. The second-order valence-corrected chi connectivity index (χ2v) is 4.75. The first kappa shape index (κ1) is 14.2. The molecule has 1 unspecified atom stereocenters. The summed E-state index contributed by atoms with van der Waals surface area (Å²) in [6, 6.07) is 7.09. The quantitative estimate of drug-likeness (QED) is 0.783. The van der Waals surface area contributed by atoms with Gasteiger partial charge >= 0.3 is 0 Å². The molecule has 0 spiro atoms. The van der Waals surface area contributed by atoms with E-state index in [0.717, 1.165) is 13.2 Å². The van der Waals surface area contributed by atoms with Crippen molar-refractivity contribution in [3.05, 3.63) is 34.9 Å². The van der Waals surface area contributed by atoms with Crippen LogP contribution in [0.1, 0.15) is 36.5 Å². The number of benzene rings is 1. The Bertz CT molecular complexity index is 330. The molecular formula is C15H25NO. The fourth-order valence-electron chi connectivity index (χ4n) is 2.09. The van der Waals surface area contributed by atoms with Crippen molar-refractivity contribution in [3.63, 3.8) is 0 Å². The van der Waals surface area contributed by atoms with Gasteiger partial charge < -0.3 is 10.1 Å². The summed E-state index contributed by atoms with van der Waals surface area (Å²) >= 11 is 0. The van der Waals surface area contributed by atoms with E-state index in [9.17, 15) is 0 Å². The predicted octanol–water partition coefficient (Wildman–Crippen LogP) is 3.21. The number of nitrogens with one attached hydrogen (secondary N) is 1. The van der Waals surface area contributed by atoms with Crippen LogP contribution >= 0.6 is 0 Å². The molecule has 0 bridgehead atoms. The normalized spacial score (nSPS) is 12.7. The minimum Gasteiger partial charge on any atom is -0.383 e. The van der Waals surface area contributed by atoms with Crippen molar-refractivity contribution in [2.75, 3.05) is 13.7 Å². The van der Waals surface area contributed by atoms with Crippen molar-refractivity contribution in [1.82, 2.24) is 5.32 Å². The lowest BCUT2D eigenvalue weighted by molar-refractivity contribution is 0.161. The SMILES string of the molecule is CCCC(COC)NCc1ccc(C)cc1C. The number of ether oxygens (including phenoxy) is 1. The molecule has 0 aliphatic carbocycles. The van der Waals surface area contributed by atoms with Gasteiger partial charge in [-0.25, -0.2) is 0 Å². The fourth-order valence-corrected chi connectivity index (χ4v) is 2.09. The van der Waals surface area contributed by atoms with Crippen LogP contribution < -0.4 is 5.32 Å². The summed E-state index contributed by atoms with van der Waals surface area (Å²) in [5.41, 5.74) is 4.08. The first-order chi connectivity index (χ1) is 8.17. The van der Waals surface area contributed by atoms with E-state index in [2.05, 4.69) is 44.3 Å². The third-order valence-electron chi connectivity index (χ3n) is 3.08. The van der Waals surface area contributed by atoms with E-state index >= 15 is 0 Å². The monoisotopic (exact) mass is 235 g/mol. The molecule has 1 atom stereocenters. The maximum absolute atomic E-state index is 5.23. The number of rotatable bonds is 7. The number of methoxy groups -OCH3 is 1. The van der Waals surface area contributed by atoms with Gasteiger partial charge in [0.1, 0.15) is 0 Å². The molecule has 0 radical (unpaired) electrons. The van der Waals surface area contributed by atoms with Gasteiger partial charge in [-0.15, -0.1) is 0 Å². The van der Waals surface area contributed by atoms with Gasteiger partial charge in [0, 0.05) is 19.7 Å². The molecule has 0 aliphatic rings. The molecule has 0 aliphatic heterocycles. The molecule has 1 aromatic carbocycles. The fraction of sp³-hybridized carbons (Fsp3) is 0.600. The van der Waals surface area contributed by atoms with Crippen molar-refractivity contribution < 1.29 is 4.74 Å². The molecule has 0 amide bonds. The Labute approximate surface area is 105 Å². The van der Waals surface area contributed by atoms with E-state index in [1.807, 2.05) is 0 Å². The van der Waals surface area contributed by atoms with E-state index in [0.29, 0.717) is 6.04 Å². The van der Waals surface area contributed by atoms with Crippen LogP contribution in [0.4, 0.5) is 0 Å². The Balaban J connectivity index is 2.52. The minimum absolute atomic E-state index is 0.464. The molecule has 2 nitrogen and oxygen atoms in total. The second kappa shape index (κ2) is 7.46. The van der Waals surface area contributed by atoms with Crippen molar-refractivity contribution >= 4 is 0 Å². The molecule has 1 rings (SSSR count). The highest BCUT2D eigenvalue weighted by molar-refractivity contribution is 5.30. The Morgan fingerprint density at radius 1 is 1.29 bits per heavy atom. The second-order valence-electron chi connectivity index (χ2n) is 4.75. The van der Waals surface area contributed by atoms with E-state index in [-0.39, 0.29) is 0 Å². The van der Waals surface area contributed by atoms with Gasteiger partial charge in [0.2, 0.25) is 0 Å². The first-order valence-corrected chi connectivity index (χ1v) is 6.45. The van der Waals surface area contributed by atoms with Crippen LogP contribution in [0.25, 0.3) is 0 Å². The van der Waals surface area contributed by atoms with Crippen LogP contribution in [-0.4, -0.2) is 19.8 Å². The lowest BCUT2D eigenvalue weighted by atomic mass is 10.1. The maximum Gasteiger partial charge on any atom is 0.0615 e. The summed E-state index contributed by atoms with van der Waals surface area (Å²) in [5.74, 6) is 0. The van der Waals surface area contributed by atoms with Gasteiger partial charge in [-0.2, -0.15) is 0 Å². The van der Waals surface area contributed by atoms with Crippen molar-refractivity contribution in [2.45, 2.75) is 46.2 Å².